The highest BCUT2D eigenvalue weighted by Gasteiger charge is 2.66. The lowest BCUT2D eigenvalue weighted by Gasteiger charge is -2.63. The number of carbonyl (C=O) groups is 1. The topological polar surface area (TPSA) is 35.5 Å². The number of carbonyl (C=O) groups excluding carboxylic acids is 1. The van der Waals surface area contributed by atoms with Gasteiger partial charge in [0.1, 0.15) is 6.10 Å². The van der Waals surface area contributed by atoms with Crippen molar-refractivity contribution in [1.82, 2.24) is 0 Å². The molecule has 0 amide bonds. The number of rotatable bonds is 2. The van der Waals surface area contributed by atoms with Gasteiger partial charge in [0.15, 0.2) is 0 Å². The molecule has 0 aromatic heterocycles. The highest BCUT2D eigenvalue weighted by Crippen LogP contribution is 2.70. The summed E-state index contributed by atoms with van der Waals surface area (Å²) in [6.07, 6.45) is 10.1. The Labute approximate surface area is 165 Å². The molecule has 3 unspecified atom stereocenters. The predicted octanol–water partition coefficient (Wildman–Crippen LogP) is 5.61. The SMILES string of the molecule is COC1(C)CC[C@H]2[C@@H]3CC[C@@H]4C[C@H](OC(C)=O)CC[C@]4(C)C3CC(C)[C@@]21C. The molecule has 0 heterocycles. The van der Waals surface area contributed by atoms with Crippen molar-refractivity contribution in [2.75, 3.05) is 7.11 Å². The zero-order valence-electron chi connectivity index (χ0n) is 18.3. The van der Waals surface area contributed by atoms with Gasteiger partial charge in [-0.2, -0.15) is 0 Å². The zero-order chi connectivity index (χ0) is 19.6. The van der Waals surface area contributed by atoms with Crippen molar-refractivity contribution in [2.24, 2.45) is 40.4 Å². The van der Waals surface area contributed by atoms with E-state index in [2.05, 4.69) is 27.7 Å². The first kappa shape index (κ1) is 19.7. The minimum absolute atomic E-state index is 0.0345. The van der Waals surface area contributed by atoms with Crippen LogP contribution in [-0.4, -0.2) is 24.8 Å². The van der Waals surface area contributed by atoms with Gasteiger partial charge in [0.25, 0.3) is 0 Å². The van der Waals surface area contributed by atoms with Gasteiger partial charge in [-0.05, 0) is 93.3 Å². The Balaban J connectivity index is 1.59. The molecule has 4 rings (SSSR count). The number of fused-ring (bicyclic) bond motifs is 5. The third-order valence-corrected chi connectivity index (χ3v) is 10.5. The van der Waals surface area contributed by atoms with Crippen LogP contribution in [0.4, 0.5) is 0 Å². The summed E-state index contributed by atoms with van der Waals surface area (Å²) in [5, 5.41) is 0. The first-order valence-corrected chi connectivity index (χ1v) is 11.4. The fourth-order valence-corrected chi connectivity index (χ4v) is 8.55. The van der Waals surface area contributed by atoms with E-state index in [-0.39, 0.29) is 17.7 Å². The highest BCUT2D eigenvalue weighted by molar-refractivity contribution is 5.66. The summed E-state index contributed by atoms with van der Waals surface area (Å²) >= 11 is 0. The minimum Gasteiger partial charge on any atom is -0.463 e. The largest absolute Gasteiger partial charge is 0.463 e. The lowest BCUT2D eigenvalue weighted by molar-refractivity contribution is -0.188. The van der Waals surface area contributed by atoms with Crippen molar-refractivity contribution >= 4 is 5.97 Å². The Morgan fingerprint density at radius 2 is 1.70 bits per heavy atom. The molecule has 0 radical (unpaired) electrons. The van der Waals surface area contributed by atoms with Crippen LogP contribution in [-0.2, 0) is 14.3 Å². The number of methoxy groups -OCH3 is 1. The van der Waals surface area contributed by atoms with Crippen LogP contribution in [0.25, 0.3) is 0 Å². The zero-order valence-corrected chi connectivity index (χ0v) is 18.3. The van der Waals surface area contributed by atoms with Crippen molar-refractivity contribution < 1.29 is 14.3 Å². The molecule has 4 fully saturated rings. The highest BCUT2D eigenvalue weighted by atomic mass is 16.5. The van der Waals surface area contributed by atoms with Gasteiger partial charge in [0.2, 0.25) is 0 Å². The lowest BCUT2D eigenvalue weighted by Crippen LogP contribution is -2.59. The van der Waals surface area contributed by atoms with Crippen molar-refractivity contribution in [3.8, 4) is 0 Å². The van der Waals surface area contributed by atoms with E-state index in [0.29, 0.717) is 16.7 Å². The average Bonchev–Trinajstić information content (AvgIpc) is 2.89. The van der Waals surface area contributed by atoms with Crippen LogP contribution in [0.15, 0.2) is 0 Å². The second-order valence-electron chi connectivity index (χ2n) is 11.1. The summed E-state index contributed by atoms with van der Waals surface area (Å²) in [6.45, 7) is 11.6. The summed E-state index contributed by atoms with van der Waals surface area (Å²) in [4.78, 5) is 11.4. The molecule has 154 valence electrons. The van der Waals surface area contributed by atoms with E-state index < -0.39 is 0 Å². The molecule has 3 heteroatoms. The lowest BCUT2D eigenvalue weighted by atomic mass is 9.42. The molecule has 0 aliphatic heterocycles. The maximum Gasteiger partial charge on any atom is 0.302 e. The maximum atomic E-state index is 11.4. The standard InChI is InChI=1S/C24H40O3/c1-15-13-21-19(20-10-12-23(4,26-6)24(15,20)5)8-7-17-14-18(27-16(2)25)9-11-22(17,21)3/h15,17-21H,7-14H2,1-6H3/t15?,17-,18-,19+,20+,21?,22+,23?,24+/m1/s1. The first-order valence-electron chi connectivity index (χ1n) is 11.4. The van der Waals surface area contributed by atoms with Crippen LogP contribution in [0.1, 0.15) is 86.0 Å². The van der Waals surface area contributed by atoms with Gasteiger partial charge in [-0.1, -0.05) is 20.8 Å². The van der Waals surface area contributed by atoms with Gasteiger partial charge in [0.05, 0.1) is 5.60 Å². The number of hydrogen-bond donors (Lipinski definition) is 0. The molecule has 0 N–H and O–H groups in total. The maximum absolute atomic E-state index is 11.4. The van der Waals surface area contributed by atoms with E-state index in [9.17, 15) is 4.79 Å². The van der Waals surface area contributed by atoms with E-state index in [4.69, 9.17) is 9.47 Å². The van der Waals surface area contributed by atoms with Gasteiger partial charge >= 0.3 is 5.97 Å². The first-order chi connectivity index (χ1) is 12.7. The Morgan fingerprint density at radius 1 is 0.963 bits per heavy atom. The molecular formula is C24H40O3. The third kappa shape index (κ3) is 2.66. The van der Waals surface area contributed by atoms with Crippen LogP contribution in [0.5, 0.6) is 0 Å². The molecule has 4 aliphatic rings. The Hall–Kier alpha value is -0.570. The van der Waals surface area contributed by atoms with Crippen molar-refractivity contribution in [2.45, 2.75) is 97.7 Å². The van der Waals surface area contributed by atoms with E-state index in [1.165, 1.54) is 38.5 Å². The Morgan fingerprint density at radius 3 is 2.37 bits per heavy atom. The van der Waals surface area contributed by atoms with Crippen molar-refractivity contribution in [3.63, 3.8) is 0 Å². The fraction of sp³-hybridized carbons (Fsp3) is 0.958. The van der Waals surface area contributed by atoms with Crippen LogP contribution in [0.3, 0.4) is 0 Å². The second-order valence-corrected chi connectivity index (χ2v) is 11.1. The Bertz CT molecular complexity index is 602. The molecule has 27 heavy (non-hydrogen) atoms. The van der Waals surface area contributed by atoms with Crippen LogP contribution in [0.2, 0.25) is 0 Å². The molecule has 9 atom stereocenters. The molecule has 4 aliphatic carbocycles. The summed E-state index contributed by atoms with van der Waals surface area (Å²) in [7, 11) is 1.93. The van der Waals surface area contributed by atoms with E-state index in [0.717, 1.165) is 36.5 Å². The predicted molar refractivity (Wildman–Crippen MR) is 107 cm³/mol. The van der Waals surface area contributed by atoms with Crippen LogP contribution < -0.4 is 0 Å². The number of hydrogen-bond acceptors (Lipinski definition) is 3. The molecule has 0 saturated heterocycles. The molecule has 3 nitrogen and oxygen atoms in total. The molecule has 0 aromatic rings. The van der Waals surface area contributed by atoms with E-state index in [1.807, 2.05) is 7.11 Å². The van der Waals surface area contributed by atoms with Gasteiger partial charge in [-0.25, -0.2) is 0 Å². The van der Waals surface area contributed by atoms with E-state index in [1.54, 1.807) is 6.92 Å². The molecule has 0 spiro atoms. The van der Waals surface area contributed by atoms with Crippen molar-refractivity contribution in [3.05, 3.63) is 0 Å². The molecule has 0 aromatic carbocycles. The summed E-state index contributed by atoms with van der Waals surface area (Å²) in [5.41, 5.74) is 0.773. The molecule has 4 saturated carbocycles. The quantitative estimate of drug-likeness (QED) is 0.587. The smallest absolute Gasteiger partial charge is 0.302 e. The van der Waals surface area contributed by atoms with Gasteiger partial charge in [-0.3, -0.25) is 4.79 Å². The minimum atomic E-state index is -0.107. The summed E-state index contributed by atoms with van der Waals surface area (Å²) in [5.74, 6) is 3.82. The molecule has 0 bridgehead atoms. The fourth-order valence-electron chi connectivity index (χ4n) is 8.55. The molecular weight excluding hydrogens is 336 g/mol. The van der Waals surface area contributed by atoms with Gasteiger partial charge < -0.3 is 9.47 Å². The normalized spacial score (nSPS) is 54.6. The summed E-state index contributed by atoms with van der Waals surface area (Å²) in [6, 6.07) is 0. The average molecular weight is 377 g/mol. The van der Waals surface area contributed by atoms with Gasteiger partial charge in [-0.15, -0.1) is 0 Å². The summed E-state index contributed by atoms with van der Waals surface area (Å²) < 4.78 is 11.8. The third-order valence-electron chi connectivity index (χ3n) is 10.5. The van der Waals surface area contributed by atoms with Crippen LogP contribution in [0, 0.1) is 40.4 Å². The van der Waals surface area contributed by atoms with E-state index >= 15 is 0 Å². The van der Waals surface area contributed by atoms with Crippen LogP contribution >= 0.6 is 0 Å². The number of ether oxygens (including phenoxy) is 2. The van der Waals surface area contributed by atoms with Crippen molar-refractivity contribution in [1.29, 1.82) is 0 Å². The van der Waals surface area contributed by atoms with Gasteiger partial charge in [0, 0.05) is 19.4 Å². The Kier molecular flexibility index (Phi) is 4.73. The second kappa shape index (κ2) is 6.47. The monoisotopic (exact) mass is 376 g/mol. The number of esters is 1.